The van der Waals surface area contributed by atoms with Crippen LogP contribution in [0.5, 0.6) is 0 Å². The lowest BCUT2D eigenvalue weighted by molar-refractivity contribution is -0.137. The number of alkyl halides is 3. The van der Waals surface area contributed by atoms with Crippen molar-refractivity contribution >= 4 is 17.3 Å². The predicted octanol–water partition coefficient (Wildman–Crippen LogP) is 4.16. The Balaban J connectivity index is 2.39. The van der Waals surface area contributed by atoms with Gasteiger partial charge >= 0.3 is 6.18 Å². The Labute approximate surface area is 116 Å². The summed E-state index contributed by atoms with van der Waals surface area (Å²) in [5.74, 6) is -1.96. The third-order valence-corrected chi connectivity index (χ3v) is 2.60. The van der Waals surface area contributed by atoms with E-state index < -0.39 is 23.4 Å². The van der Waals surface area contributed by atoms with Crippen LogP contribution in [0.2, 0.25) is 0 Å². The van der Waals surface area contributed by atoms with E-state index >= 15 is 0 Å². The smallest absolute Gasteiger partial charge is 0.373 e. The molecule has 0 aliphatic heterocycles. The van der Waals surface area contributed by atoms with Gasteiger partial charge in [-0.15, -0.1) is 0 Å². The van der Waals surface area contributed by atoms with Crippen molar-refractivity contribution in [1.29, 1.82) is 0 Å². The number of hydrogen-bond donors (Lipinski definition) is 2. The van der Waals surface area contributed by atoms with Crippen molar-refractivity contribution in [2.24, 2.45) is 0 Å². The lowest BCUT2D eigenvalue weighted by Crippen LogP contribution is -2.08. The van der Waals surface area contributed by atoms with Gasteiger partial charge < -0.3 is 10.6 Å². The molecule has 0 aliphatic carbocycles. The summed E-state index contributed by atoms with van der Waals surface area (Å²) in [4.78, 5) is 3.84. The van der Waals surface area contributed by atoms with E-state index in [2.05, 4.69) is 15.6 Å². The van der Waals surface area contributed by atoms with Gasteiger partial charge in [0.1, 0.15) is 23.3 Å². The average Bonchev–Trinajstić information content (AvgIpc) is 2.40. The molecule has 0 fully saturated rings. The summed E-state index contributed by atoms with van der Waals surface area (Å²) in [7, 11) is 1.41. The van der Waals surface area contributed by atoms with Crippen molar-refractivity contribution in [2.75, 3.05) is 17.7 Å². The zero-order valence-corrected chi connectivity index (χ0v) is 10.7. The van der Waals surface area contributed by atoms with E-state index in [1.807, 2.05) is 0 Å². The highest BCUT2D eigenvalue weighted by Crippen LogP contribution is 2.32. The van der Waals surface area contributed by atoms with Crippen LogP contribution < -0.4 is 10.6 Å². The largest absolute Gasteiger partial charge is 0.416 e. The van der Waals surface area contributed by atoms with Gasteiger partial charge in [0, 0.05) is 13.1 Å². The quantitative estimate of drug-likeness (QED) is 0.836. The lowest BCUT2D eigenvalue weighted by Gasteiger charge is -2.13. The average molecular weight is 303 g/mol. The molecule has 1 heterocycles. The molecule has 0 saturated heterocycles. The lowest BCUT2D eigenvalue weighted by atomic mass is 10.2. The van der Waals surface area contributed by atoms with Crippen LogP contribution in [0.25, 0.3) is 0 Å². The van der Waals surface area contributed by atoms with E-state index in [0.29, 0.717) is 6.07 Å². The van der Waals surface area contributed by atoms with Crippen molar-refractivity contribution < 1.29 is 22.0 Å². The first-order chi connectivity index (χ1) is 9.79. The Morgan fingerprint density at radius 2 is 1.67 bits per heavy atom. The molecule has 8 heteroatoms. The number of nitrogens with one attached hydrogen (secondary N) is 2. The van der Waals surface area contributed by atoms with Crippen LogP contribution in [-0.4, -0.2) is 12.0 Å². The van der Waals surface area contributed by atoms with Crippen LogP contribution >= 0.6 is 0 Å². The summed E-state index contributed by atoms with van der Waals surface area (Å²) in [6.07, 6.45) is -4.56. The van der Waals surface area contributed by atoms with E-state index in [4.69, 9.17) is 0 Å². The second-order valence-electron chi connectivity index (χ2n) is 4.12. The summed E-state index contributed by atoms with van der Waals surface area (Å²) in [5, 5.41) is 4.88. The Hall–Kier alpha value is -2.38. The van der Waals surface area contributed by atoms with E-state index in [1.54, 1.807) is 0 Å². The van der Waals surface area contributed by atoms with Crippen LogP contribution in [0, 0.1) is 11.6 Å². The minimum atomic E-state index is -4.56. The van der Waals surface area contributed by atoms with Crippen molar-refractivity contribution in [2.45, 2.75) is 6.18 Å². The topological polar surface area (TPSA) is 37.0 Å². The van der Waals surface area contributed by atoms with Crippen molar-refractivity contribution in [3.8, 4) is 0 Å². The number of halogens is 5. The van der Waals surface area contributed by atoms with Gasteiger partial charge in [-0.1, -0.05) is 0 Å². The van der Waals surface area contributed by atoms with Gasteiger partial charge in [0.2, 0.25) is 0 Å². The molecule has 1 aromatic heterocycles. The Morgan fingerprint density at radius 3 is 2.24 bits per heavy atom. The monoisotopic (exact) mass is 303 g/mol. The number of pyridine rings is 1. The Morgan fingerprint density at radius 1 is 1.00 bits per heavy atom. The van der Waals surface area contributed by atoms with E-state index in [9.17, 15) is 22.0 Å². The SMILES string of the molecule is CNc1cc(C(F)(F)F)cc(Nc2ccc(F)cc2F)n1. The number of nitrogens with zero attached hydrogens (tertiary/aromatic N) is 1. The molecule has 2 aromatic rings. The first kappa shape index (κ1) is 15.0. The fourth-order valence-corrected chi connectivity index (χ4v) is 1.62. The molecule has 0 atom stereocenters. The normalized spacial score (nSPS) is 11.3. The highest BCUT2D eigenvalue weighted by molar-refractivity contribution is 5.60. The Kier molecular flexibility index (Phi) is 3.97. The third-order valence-electron chi connectivity index (χ3n) is 2.60. The zero-order chi connectivity index (χ0) is 15.6. The van der Waals surface area contributed by atoms with Crippen LogP contribution in [-0.2, 0) is 6.18 Å². The van der Waals surface area contributed by atoms with Crippen LogP contribution in [0.3, 0.4) is 0 Å². The summed E-state index contributed by atoms with van der Waals surface area (Å²) in [5.41, 5.74) is -1.11. The number of hydrogen-bond acceptors (Lipinski definition) is 3. The molecule has 0 saturated carbocycles. The molecule has 0 radical (unpaired) electrons. The molecule has 112 valence electrons. The van der Waals surface area contributed by atoms with Gasteiger partial charge in [-0.3, -0.25) is 0 Å². The summed E-state index contributed by atoms with van der Waals surface area (Å²) in [6.45, 7) is 0. The molecule has 2 rings (SSSR count). The van der Waals surface area contributed by atoms with Gasteiger partial charge in [-0.2, -0.15) is 13.2 Å². The predicted molar refractivity (Wildman–Crippen MR) is 68.4 cm³/mol. The van der Waals surface area contributed by atoms with Gasteiger partial charge in [-0.25, -0.2) is 13.8 Å². The van der Waals surface area contributed by atoms with Crippen LogP contribution in [0.4, 0.5) is 39.3 Å². The second kappa shape index (κ2) is 5.55. The van der Waals surface area contributed by atoms with Gasteiger partial charge in [0.05, 0.1) is 11.3 Å². The molecule has 0 unspecified atom stereocenters. The maximum Gasteiger partial charge on any atom is 0.416 e. The fraction of sp³-hybridized carbons (Fsp3) is 0.154. The number of anilines is 3. The van der Waals surface area contributed by atoms with Gasteiger partial charge in [0.15, 0.2) is 0 Å². The number of rotatable bonds is 3. The standard InChI is InChI=1S/C13H10F5N3/c1-19-11-4-7(13(16,17)18)5-12(21-11)20-10-3-2-8(14)6-9(10)15/h2-6H,1H3,(H2,19,20,21). The van der Waals surface area contributed by atoms with Crippen molar-refractivity contribution in [3.05, 3.63) is 47.5 Å². The maximum absolute atomic E-state index is 13.5. The van der Waals surface area contributed by atoms with Crippen molar-refractivity contribution in [1.82, 2.24) is 4.98 Å². The van der Waals surface area contributed by atoms with Crippen LogP contribution in [0.1, 0.15) is 5.56 Å². The van der Waals surface area contributed by atoms with Crippen LogP contribution in [0.15, 0.2) is 30.3 Å². The highest BCUT2D eigenvalue weighted by Gasteiger charge is 2.31. The van der Waals surface area contributed by atoms with Gasteiger partial charge in [0.25, 0.3) is 0 Å². The maximum atomic E-state index is 13.5. The summed E-state index contributed by atoms with van der Waals surface area (Å²) < 4.78 is 64.5. The minimum absolute atomic E-state index is 0.0326. The molecular weight excluding hydrogens is 293 g/mol. The molecule has 0 bridgehead atoms. The minimum Gasteiger partial charge on any atom is -0.373 e. The summed E-state index contributed by atoms with van der Waals surface area (Å²) >= 11 is 0. The number of aromatic nitrogens is 1. The fourth-order valence-electron chi connectivity index (χ4n) is 1.62. The summed E-state index contributed by atoms with van der Waals surface area (Å²) in [6, 6.07) is 4.24. The first-order valence-electron chi connectivity index (χ1n) is 5.78. The molecule has 2 N–H and O–H groups in total. The highest BCUT2D eigenvalue weighted by atomic mass is 19.4. The Bertz CT molecular complexity index is 655. The molecule has 0 amide bonds. The van der Waals surface area contributed by atoms with Gasteiger partial charge in [-0.05, 0) is 24.3 Å². The molecular formula is C13H10F5N3. The molecule has 0 spiro atoms. The second-order valence-corrected chi connectivity index (χ2v) is 4.12. The molecule has 1 aromatic carbocycles. The molecule has 3 nitrogen and oxygen atoms in total. The van der Waals surface area contributed by atoms with Crippen molar-refractivity contribution in [3.63, 3.8) is 0 Å². The molecule has 21 heavy (non-hydrogen) atoms. The number of benzene rings is 1. The van der Waals surface area contributed by atoms with E-state index in [-0.39, 0.29) is 17.3 Å². The van der Waals surface area contributed by atoms with E-state index in [0.717, 1.165) is 24.3 Å². The third kappa shape index (κ3) is 3.59. The van der Waals surface area contributed by atoms with E-state index in [1.165, 1.54) is 7.05 Å². The molecule has 0 aliphatic rings. The first-order valence-corrected chi connectivity index (χ1v) is 5.78. The zero-order valence-electron chi connectivity index (χ0n) is 10.7.